The second-order valence-corrected chi connectivity index (χ2v) is 6.59. The molecular weight excluding hydrogens is 324 g/mol. The predicted molar refractivity (Wildman–Crippen MR) is 93.0 cm³/mol. The number of rotatable bonds is 4. The zero-order chi connectivity index (χ0) is 16.9. The van der Waals surface area contributed by atoms with E-state index in [0.29, 0.717) is 18.7 Å². The highest BCUT2D eigenvalue weighted by Gasteiger charge is 2.31. The minimum Gasteiger partial charge on any atom is -0.374 e. The first-order valence-electron chi connectivity index (χ1n) is 7.91. The average Bonchev–Trinajstić information content (AvgIpc) is 3.15. The Balaban J connectivity index is 1.67. The Bertz CT molecular complexity index is 688. The summed E-state index contributed by atoms with van der Waals surface area (Å²) in [6.07, 6.45) is -0.0125. The zero-order valence-corrected chi connectivity index (χ0v) is 14.3. The number of nitrogens with one attached hydrogen (secondary N) is 1. The predicted octanol–water partition coefficient (Wildman–Crippen LogP) is 2.47. The molecule has 24 heavy (non-hydrogen) atoms. The molecule has 1 fully saturated rings. The van der Waals surface area contributed by atoms with Gasteiger partial charge in [0.1, 0.15) is 0 Å². The summed E-state index contributed by atoms with van der Waals surface area (Å²) >= 11 is 1.46. The number of thiophene rings is 1. The van der Waals surface area contributed by atoms with Crippen LogP contribution in [0.3, 0.4) is 0 Å². The van der Waals surface area contributed by atoms with Crippen molar-refractivity contribution in [1.29, 1.82) is 0 Å². The van der Waals surface area contributed by atoms with Gasteiger partial charge in [0.15, 0.2) is 0 Å². The molecule has 2 aromatic rings. The van der Waals surface area contributed by atoms with Crippen LogP contribution in [0.25, 0.3) is 0 Å². The number of hydrogen-bond donors (Lipinski definition) is 1. The molecule has 1 aromatic heterocycles. The third-order valence-electron chi connectivity index (χ3n) is 4.06. The molecule has 1 aliphatic heterocycles. The highest BCUT2D eigenvalue weighted by Crippen LogP contribution is 2.26. The maximum atomic E-state index is 12.7. The normalized spacial score (nSPS) is 20.6. The van der Waals surface area contributed by atoms with Crippen LogP contribution in [0.2, 0.25) is 0 Å². The fraction of sp³-hybridized carbons (Fsp3) is 0.333. The highest BCUT2D eigenvalue weighted by atomic mass is 32.1. The van der Waals surface area contributed by atoms with Crippen molar-refractivity contribution in [1.82, 2.24) is 10.2 Å². The van der Waals surface area contributed by atoms with Gasteiger partial charge in [-0.1, -0.05) is 30.3 Å². The van der Waals surface area contributed by atoms with Crippen LogP contribution in [-0.4, -0.2) is 42.5 Å². The van der Waals surface area contributed by atoms with E-state index in [-0.39, 0.29) is 30.5 Å². The molecule has 0 saturated carbocycles. The van der Waals surface area contributed by atoms with Crippen LogP contribution in [0.1, 0.15) is 28.9 Å². The van der Waals surface area contributed by atoms with Crippen molar-refractivity contribution in [3.8, 4) is 0 Å². The van der Waals surface area contributed by atoms with Gasteiger partial charge in [-0.25, -0.2) is 0 Å². The smallest absolute Gasteiger partial charge is 0.252 e. The molecule has 2 heterocycles. The Hall–Kier alpha value is -2.18. The van der Waals surface area contributed by atoms with Crippen molar-refractivity contribution in [3.63, 3.8) is 0 Å². The molecule has 3 rings (SSSR count). The van der Waals surface area contributed by atoms with Crippen LogP contribution in [0.5, 0.6) is 0 Å². The van der Waals surface area contributed by atoms with Gasteiger partial charge in [-0.15, -0.1) is 0 Å². The lowest BCUT2D eigenvalue weighted by atomic mass is 10.0. The van der Waals surface area contributed by atoms with E-state index in [0.717, 1.165) is 5.56 Å². The Morgan fingerprint density at radius 2 is 2.08 bits per heavy atom. The molecule has 0 aliphatic carbocycles. The largest absolute Gasteiger partial charge is 0.374 e. The summed E-state index contributed by atoms with van der Waals surface area (Å²) < 4.78 is 5.73. The maximum Gasteiger partial charge on any atom is 0.252 e. The minimum absolute atomic E-state index is 0.00919. The fourth-order valence-corrected chi connectivity index (χ4v) is 3.42. The lowest BCUT2D eigenvalue weighted by Crippen LogP contribution is -2.50. The van der Waals surface area contributed by atoms with Crippen LogP contribution in [-0.2, 0) is 9.53 Å². The lowest BCUT2D eigenvalue weighted by Gasteiger charge is -2.39. The van der Waals surface area contributed by atoms with Gasteiger partial charge >= 0.3 is 0 Å². The van der Waals surface area contributed by atoms with Gasteiger partial charge in [0.2, 0.25) is 5.91 Å². The Morgan fingerprint density at radius 3 is 2.79 bits per heavy atom. The molecule has 1 aliphatic rings. The number of ether oxygens (including phenoxy) is 1. The molecule has 0 radical (unpaired) electrons. The number of amides is 2. The molecule has 0 bridgehead atoms. The van der Waals surface area contributed by atoms with E-state index in [1.54, 1.807) is 16.3 Å². The molecule has 0 spiro atoms. The van der Waals surface area contributed by atoms with Crippen molar-refractivity contribution in [3.05, 3.63) is 58.3 Å². The van der Waals surface area contributed by atoms with Gasteiger partial charge in [-0.05, 0) is 23.9 Å². The van der Waals surface area contributed by atoms with Crippen molar-refractivity contribution < 1.29 is 14.3 Å². The molecule has 0 unspecified atom stereocenters. The molecular formula is C18H20N2O3S. The first kappa shape index (κ1) is 16.7. The maximum absolute atomic E-state index is 12.7. The summed E-state index contributed by atoms with van der Waals surface area (Å²) in [6.45, 7) is 2.93. The third-order valence-corrected chi connectivity index (χ3v) is 4.74. The van der Waals surface area contributed by atoms with E-state index in [1.807, 2.05) is 42.6 Å². The molecule has 1 saturated heterocycles. The molecule has 1 N–H and O–H groups in total. The summed E-state index contributed by atoms with van der Waals surface area (Å²) in [6, 6.07) is 11.5. The second-order valence-electron chi connectivity index (χ2n) is 5.81. The standard InChI is InChI=1S/C18H20N2O3S/c1-13-10-20(16(11-23-13)14-5-3-2-4-6-14)17(21)9-19-18(22)15-7-8-24-12-15/h2-8,12-13,16H,9-11H2,1H3,(H,19,22)/t13-,16+/m1/s1. The summed E-state index contributed by atoms with van der Waals surface area (Å²) in [5, 5.41) is 6.31. The Labute approximate surface area is 145 Å². The number of nitrogens with zero attached hydrogens (tertiary/aromatic N) is 1. The van der Waals surface area contributed by atoms with Gasteiger partial charge in [0, 0.05) is 17.5 Å². The van der Waals surface area contributed by atoms with Crippen LogP contribution in [0, 0.1) is 0 Å². The number of carbonyl (C=O) groups excluding carboxylic acids is 2. The van der Waals surface area contributed by atoms with E-state index in [9.17, 15) is 9.59 Å². The fourth-order valence-electron chi connectivity index (χ4n) is 2.78. The molecule has 6 heteroatoms. The number of morpholine rings is 1. The van der Waals surface area contributed by atoms with Crippen LogP contribution < -0.4 is 5.32 Å². The van der Waals surface area contributed by atoms with Crippen molar-refractivity contribution in [2.75, 3.05) is 19.7 Å². The van der Waals surface area contributed by atoms with E-state index < -0.39 is 0 Å². The monoisotopic (exact) mass is 344 g/mol. The van der Waals surface area contributed by atoms with Crippen LogP contribution >= 0.6 is 11.3 Å². The zero-order valence-electron chi connectivity index (χ0n) is 13.5. The number of carbonyl (C=O) groups is 2. The van der Waals surface area contributed by atoms with Gasteiger partial charge in [-0.2, -0.15) is 11.3 Å². The van der Waals surface area contributed by atoms with E-state index in [2.05, 4.69) is 5.32 Å². The SMILES string of the molecule is C[C@@H]1CN(C(=O)CNC(=O)c2ccsc2)[C@H](c2ccccc2)CO1. The Morgan fingerprint density at radius 1 is 1.29 bits per heavy atom. The third kappa shape index (κ3) is 3.83. The van der Waals surface area contributed by atoms with E-state index in [1.165, 1.54) is 11.3 Å². The van der Waals surface area contributed by atoms with Gasteiger partial charge in [0.25, 0.3) is 5.91 Å². The first-order chi connectivity index (χ1) is 11.6. The summed E-state index contributed by atoms with van der Waals surface area (Å²) in [7, 11) is 0. The molecule has 1 aromatic carbocycles. The number of benzene rings is 1. The second kappa shape index (κ2) is 7.59. The van der Waals surface area contributed by atoms with E-state index in [4.69, 9.17) is 4.74 Å². The molecule has 2 amide bonds. The first-order valence-corrected chi connectivity index (χ1v) is 8.86. The quantitative estimate of drug-likeness (QED) is 0.927. The lowest BCUT2D eigenvalue weighted by molar-refractivity contribution is -0.143. The number of hydrogen-bond acceptors (Lipinski definition) is 4. The molecule has 2 atom stereocenters. The topological polar surface area (TPSA) is 58.6 Å². The van der Waals surface area contributed by atoms with Crippen molar-refractivity contribution in [2.45, 2.75) is 19.1 Å². The highest BCUT2D eigenvalue weighted by molar-refractivity contribution is 7.08. The molecule has 5 nitrogen and oxygen atoms in total. The summed E-state index contributed by atoms with van der Waals surface area (Å²) in [4.78, 5) is 26.5. The van der Waals surface area contributed by atoms with Gasteiger partial charge < -0.3 is 15.0 Å². The van der Waals surface area contributed by atoms with Gasteiger partial charge in [0.05, 0.1) is 25.3 Å². The van der Waals surface area contributed by atoms with Gasteiger partial charge in [-0.3, -0.25) is 9.59 Å². The van der Waals surface area contributed by atoms with Crippen LogP contribution in [0.4, 0.5) is 0 Å². The summed E-state index contributed by atoms with van der Waals surface area (Å²) in [5.41, 5.74) is 1.63. The van der Waals surface area contributed by atoms with E-state index >= 15 is 0 Å². The summed E-state index contributed by atoms with van der Waals surface area (Å²) in [5.74, 6) is -0.315. The molecule has 126 valence electrons. The average molecular weight is 344 g/mol. The van der Waals surface area contributed by atoms with Crippen molar-refractivity contribution in [2.24, 2.45) is 0 Å². The Kier molecular flexibility index (Phi) is 5.27. The minimum atomic E-state index is -0.220. The van der Waals surface area contributed by atoms with Crippen LogP contribution in [0.15, 0.2) is 47.2 Å². The van der Waals surface area contributed by atoms with Crippen molar-refractivity contribution >= 4 is 23.2 Å².